The van der Waals surface area contributed by atoms with Gasteiger partial charge in [-0.1, -0.05) is 54.1 Å². The zero-order valence-electron chi connectivity index (χ0n) is 16.1. The number of aryl methyl sites for hydroxylation is 1. The van der Waals surface area contributed by atoms with Crippen molar-refractivity contribution in [2.45, 2.75) is 24.3 Å². The molecule has 30 heavy (non-hydrogen) atoms. The van der Waals surface area contributed by atoms with Crippen molar-refractivity contribution in [3.05, 3.63) is 94.5 Å². The van der Waals surface area contributed by atoms with Gasteiger partial charge in [-0.25, -0.2) is 13.2 Å². The minimum Gasteiger partial charge on any atom is -0.457 e. The average Bonchev–Trinajstić information content (AvgIpc) is 2.78. The van der Waals surface area contributed by atoms with Gasteiger partial charge in [-0.2, -0.15) is 0 Å². The number of carbonyl (C=O) groups excluding carboxylic acids is 1. The summed E-state index contributed by atoms with van der Waals surface area (Å²) < 4.78 is 33.4. The fraction of sp³-hybridized carbons (Fsp3) is 0.174. The van der Waals surface area contributed by atoms with Crippen molar-refractivity contribution in [3.8, 4) is 0 Å². The molecule has 0 radical (unpaired) electrons. The van der Waals surface area contributed by atoms with Crippen LogP contribution in [0.25, 0.3) is 0 Å². The molecule has 0 saturated heterocycles. The van der Waals surface area contributed by atoms with Gasteiger partial charge in [0.15, 0.2) is 0 Å². The molecule has 0 aromatic heterocycles. The molecule has 0 unspecified atom stereocenters. The SMILES string of the molecule is O=C(OCc1ccccc1Cl)c1cccc(S(=O)(=O)N2CCCc3ccccc32)c1. The number of para-hydroxylation sites is 1. The maximum Gasteiger partial charge on any atom is 0.338 e. The smallest absolute Gasteiger partial charge is 0.338 e. The maximum atomic E-state index is 13.3. The number of fused-ring (bicyclic) bond motifs is 1. The van der Waals surface area contributed by atoms with Gasteiger partial charge in [0.05, 0.1) is 16.1 Å². The molecular weight excluding hydrogens is 422 g/mol. The predicted octanol–water partition coefficient (Wildman–Crippen LogP) is 4.84. The van der Waals surface area contributed by atoms with Gasteiger partial charge in [0.2, 0.25) is 0 Å². The monoisotopic (exact) mass is 441 g/mol. The molecule has 1 aliphatic heterocycles. The van der Waals surface area contributed by atoms with Crippen LogP contribution in [-0.2, 0) is 27.8 Å². The molecule has 0 amide bonds. The highest BCUT2D eigenvalue weighted by Gasteiger charge is 2.29. The zero-order valence-corrected chi connectivity index (χ0v) is 17.7. The van der Waals surface area contributed by atoms with E-state index in [4.69, 9.17) is 16.3 Å². The molecule has 0 N–H and O–H groups in total. The number of carbonyl (C=O) groups is 1. The van der Waals surface area contributed by atoms with Crippen LogP contribution in [0.5, 0.6) is 0 Å². The topological polar surface area (TPSA) is 63.7 Å². The lowest BCUT2D eigenvalue weighted by atomic mass is 10.0. The first kappa shape index (κ1) is 20.4. The average molecular weight is 442 g/mol. The van der Waals surface area contributed by atoms with E-state index in [-0.39, 0.29) is 17.1 Å². The Labute approximate surface area is 180 Å². The molecular formula is C23H20ClNO4S. The van der Waals surface area contributed by atoms with Crippen molar-refractivity contribution in [3.63, 3.8) is 0 Å². The summed E-state index contributed by atoms with van der Waals surface area (Å²) in [5.41, 5.74) is 2.55. The van der Waals surface area contributed by atoms with E-state index in [1.807, 2.05) is 24.3 Å². The molecule has 1 aliphatic rings. The Morgan fingerprint density at radius 1 is 1.00 bits per heavy atom. The summed E-state index contributed by atoms with van der Waals surface area (Å²) in [5, 5.41) is 0.505. The predicted molar refractivity (Wildman–Crippen MR) is 116 cm³/mol. The number of anilines is 1. The number of nitrogens with zero attached hydrogens (tertiary/aromatic N) is 1. The first-order valence-electron chi connectivity index (χ1n) is 9.58. The van der Waals surface area contributed by atoms with Crippen LogP contribution in [0, 0.1) is 0 Å². The lowest BCUT2D eigenvalue weighted by molar-refractivity contribution is 0.0472. The summed E-state index contributed by atoms with van der Waals surface area (Å²) in [6.07, 6.45) is 1.59. The molecule has 3 aromatic carbocycles. The van der Waals surface area contributed by atoms with E-state index in [2.05, 4.69) is 0 Å². The Morgan fingerprint density at radius 2 is 1.77 bits per heavy atom. The Bertz CT molecular complexity index is 1190. The second-order valence-corrected chi connectivity index (χ2v) is 9.27. The summed E-state index contributed by atoms with van der Waals surface area (Å²) in [5.74, 6) is -0.606. The number of esters is 1. The fourth-order valence-corrected chi connectivity index (χ4v) is 5.28. The molecule has 0 bridgehead atoms. The van der Waals surface area contributed by atoms with Crippen LogP contribution in [0.3, 0.4) is 0 Å². The van der Waals surface area contributed by atoms with E-state index in [0.717, 1.165) is 18.4 Å². The van der Waals surface area contributed by atoms with E-state index in [0.29, 0.717) is 22.8 Å². The molecule has 0 aliphatic carbocycles. The minimum absolute atomic E-state index is 0.00891. The van der Waals surface area contributed by atoms with Crippen molar-refractivity contribution in [2.75, 3.05) is 10.8 Å². The molecule has 154 valence electrons. The van der Waals surface area contributed by atoms with Gasteiger partial charge in [0.1, 0.15) is 6.61 Å². The van der Waals surface area contributed by atoms with Crippen LogP contribution in [0.4, 0.5) is 5.69 Å². The Morgan fingerprint density at radius 3 is 2.60 bits per heavy atom. The van der Waals surface area contributed by atoms with Gasteiger partial charge in [-0.15, -0.1) is 0 Å². The lowest BCUT2D eigenvalue weighted by Gasteiger charge is -2.30. The summed E-state index contributed by atoms with van der Waals surface area (Å²) in [6, 6.07) is 20.5. The third kappa shape index (κ3) is 4.06. The number of benzene rings is 3. The zero-order chi connectivity index (χ0) is 21.1. The second kappa shape index (κ2) is 8.50. The number of rotatable bonds is 5. The van der Waals surface area contributed by atoms with Gasteiger partial charge in [0.25, 0.3) is 10.0 Å². The van der Waals surface area contributed by atoms with Crippen molar-refractivity contribution < 1.29 is 17.9 Å². The Kier molecular flexibility index (Phi) is 5.79. The fourth-order valence-electron chi connectivity index (χ4n) is 3.50. The van der Waals surface area contributed by atoms with E-state index < -0.39 is 16.0 Å². The standard InChI is InChI=1S/C23H20ClNO4S/c24-21-12-3-1-8-19(21)16-29-23(26)18-9-5-11-20(15-18)30(27,28)25-14-6-10-17-7-2-4-13-22(17)25/h1-5,7-9,11-13,15H,6,10,14,16H2. The van der Waals surface area contributed by atoms with Crippen molar-refractivity contribution in [2.24, 2.45) is 0 Å². The molecule has 3 aromatic rings. The van der Waals surface area contributed by atoms with E-state index in [9.17, 15) is 13.2 Å². The number of hydrogen-bond donors (Lipinski definition) is 0. The molecule has 4 rings (SSSR count). The molecule has 0 atom stereocenters. The van der Waals surface area contributed by atoms with Crippen molar-refractivity contribution in [1.82, 2.24) is 0 Å². The van der Waals surface area contributed by atoms with Crippen molar-refractivity contribution >= 4 is 33.3 Å². The summed E-state index contributed by atoms with van der Waals surface area (Å²) in [6.45, 7) is 0.412. The summed E-state index contributed by atoms with van der Waals surface area (Å²) in [4.78, 5) is 12.6. The third-order valence-corrected chi connectivity index (χ3v) is 7.22. The highest BCUT2D eigenvalue weighted by molar-refractivity contribution is 7.92. The third-order valence-electron chi connectivity index (χ3n) is 5.04. The summed E-state index contributed by atoms with van der Waals surface area (Å²) >= 11 is 6.09. The van der Waals surface area contributed by atoms with Crippen LogP contribution < -0.4 is 4.31 Å². The first-order chi connectivity index (χ1) is 14.5. The van der Waals surface area contributed by atoms with Gasteiger partial charge >= 0.3 is 5.97 Å². The molecule has 7 heteroatoms. The van der Waals surface area contributed by atoms with Gasteiger partial charge in [-0.3, -0.25) is 4.31 Å². The van der Waals surface area contributed by atoms with Crippen molar-refractivity contribution in [1.29, 1.82) is 0 Å². The van der Waals surface area contributed by atoms with E-state index in [1.165, 1.54) is 22.5 Å². The highest BCUT2D eigenvalue weighted by Crippen LogP contribution is 2.32. The van der Waals surface area contributed by atoms with Crippen LogP contribution in [-0.4, -0.2) is 20.9 Å². The normalized spacial score (nSPS) is 13.6. The minimum atomic E-state index is -3.80. The lowest BCUT2D eigenvalue weighted by Crippen LogP contribution is -2.35. The Balaban J connectivity index is 1.57. The number of ether oxygens (including phenoxy) is 1. The van der Waals surface area contributed by atoms with E-state index in [1.54, 1.807) is 30.3 Å². The molecule has 0 fully saturated rings. The highest BCUT2D eigenvalue weighted by atomic mass is 35.5. The molecule has 0 spiro atoms. The number of sulfonamides is 1. The molecule has 1 heterocycles. The Hall–Kier alpha value is -2.83. The van der Waals surface area contributed by atoms with Crippen LogP contribution >= 0.6 is 11.6 Å². The van der Waals surface area contributed by atoms with Crippen LogP contribution in [0.2, 0.25) is 5.02 Å². The van der Waals surface area contributed by atoms with Gasteiger partial charge in [0, 0.05) is 17.1 Å². The van der Waals surface area contributed by atoms with Crippen LogP contribution in [0.15, 0.2) is 77.7 Å². The van der Waals surface area contributed by atoms with E-state index >= 15 is 0 Å². The molecule has 5 nitrogen and oxygen atoms in total. The summed E-state index contributed by atoms with van der Waals surface area (Å²) in [7, 11) is -3.80. The van der Waals surface area contributed by atoms with Gasteiger partial charge < -0.3 is 4.74 Å². The first-order valence-corrected chi connectivity index (χ1v) is 11.4. The second-order valence-electron chi connectivity index (χ2n) is 7.00. The number of halogens is 1. The molecule has 0 saturated carbocycles. The maximum absolute atomic E-state index is 13.3. The van der Waals surface area contributed by atoms with Crippen LogP contribution in [0.1, 0.15) is 27.9 Å². The van der Waals surface area contributed by atoms with Gasteiger partial charge in [-0.05, 0) is 48.7 Å². The largest absolute Gasteiger partial charge is 0.457 e. The number of hydrogen-bond acceptors (Lipinski definition) is 4. The quantitative estimate of drug-likeness (QED) is 0.531.